The molecule has 3 aromatic rings. The quantitative estimate of drug-likeness (QED) is 0.729. The molecule has 1 aliphatic heterocycles. The van der Waals surface area contributed by atoms with Crippen molar-refractivity contribution >= 4 is 16.7 Å². The average Bonchev–Trinajstić information content (AvgIpc) is 2.99. The number of hydrogen-bond acceptors (Lipinski definition) is 3. The van der Waals surface area contributed by atoms with E-state index in [1.165, 1.54) is 0 Å². The van der Waals surface area contributed by atoms with Crippen LogP contribution in [0.2, 0.25) is 0 Å². The van der Waals surface area contributed by atoms with Gasteiger partial charge in [0.25, 0.3) is 0 Å². The third-order valence-electron chi connectivity index (χ3n) is 4.79. The molecule has 2 aromatic heterocycles. The summed E-state index contributed by atoms with van der Waals surface area (Å²) in [5.41, 5.74) is 3.20. The second-order valence-corrected chi connectivity index (χ2v) is 6.17. The molecule has 5 heteroatoms. The highest BCUT2D eigenvalue weighted by molar-refractivity contribution is 5.95. The number of carbonyl (C=O) groups excluding carboxylic acids is 1. The van der Waals surface area contributed by atoms with Gasteiger partial charge in [0.2, 0.25) is 5.91 Å². The molecule has 0 saturated heterocycles. The zero-order chi connectivity index (χ0) is 16.7. The molecule has 122 valence electrons. The molecule has 0 atom stereocenters. The number of benzene rings is 1. The summed E-state index contributed by atoms with van der Waals surface area (Å²) in [5.74, 6) is 1.20. The molecule has 0 unspecified atom stereocenters. The smallest absolute Gasteiger partial charge is 0.219 e. The van der Waals surface area contributed by atoms with E-state index in [4.69, 9.17) is 4.98 Å². The minimum atomic E-state index is 0.117. The van der Waals surface area contributed by atoms with Crippen LogP contribution in [0.3, 0.4) is 0 Å². The van der Waals surface area contributed by atoms with Crippen molar-refractivity contribution in [2.24, 2.45) is 0 Å². The summed E-state index contributed by atoms with van der Waals surface area (Å²) in [6.45, 7) is 5.94. The first-order valence-corrected chi connectivity index (χ1v) is 8.36. The normalized spacial score (nSPS) is 14.0. The van der Waals surface area contributed by atoms with Crippen molar-refractivity contribution in [3.05, 3.63) is 48.2 Å². The Morgan fingerprint density at radius 2 is 2.12 bits per heavy atom. The number of rotatable bonds is 2. The predicted molar refractivity (Wildman–Crippen MR) is 93.4 cm³/mol. The van der Waals surface area contributed by atoms with Crippen molar-refractivity contribution in [3.63, 3.8) is 0 Å². The van der Waals surface area contributed by atoms with Gasteiger partial charge in [-0.25, -0.2) is 4.98 Å². The van der Waals surface area contributed by atoms with E-state index < -0.39 is 0 Å². The lowest BCUT2D eigenvalue weighted by molar-refractivity contribution is -0.130. The van der Waals surface area contributed by atoms with E-state index in [0.717, 1.165) is 53.1 Å². The lowest BCUT2D eigenvalue weighted by atomic mass is 10.0. The van der Waals surface area contributed by atoms with E-state index in [0.29, 0.717) is 6.54 Å². The predicted octanol–water partition coefficient (Wildman–Crippen LogP) is 3.02. The molecular weight excluding hydrogens is 300 g/mol. The number of imidazole rings is 1. The first-order valence-electron chi connectivity index (χ1n) is 8.36. The van der Waals surface area contributed by atoms with Gasteiger partial charge in [0.15, 0.2) is 0 Å². The highest BCUT2D eigenvalue weighted by Gasteiger charge is 2.25. The minimum Gasteiger partial charge on any atom is -0.335 e. The van der Waals surface area contributed by atoms with Gasteiger partial charge in [0.1, 0.15) is 5.82 Å². The van der Waals surface area contributed by atoms with Crippen molar-refractivity contribution < 1.29 is 4.79 Å². The number of nitrogens with zero attached hydrogens (tertiary/aromatic N) is 4. The number of amides is 1. The van der Waals surface area contributed by atoms with Crippen molar-refractivity contribution in [3.8, 4) is 11.3 Å². The average molecular weight is 320 g/mol. The number of aromatic nitrogens is 3. The zero-order valence-corrected chi connectivity index (χ0v) is 14.0. The van der Waals surface area contributed by atoms with E-state index in [9.17, 15) is 4.79 Å². The second kappa shape index (κ2) is 5.74. The molecule has 1 aliphatic rings. The van der Waals surface area contributed by atoms with Gasteiger partial charge in [0.05, 0.1) is 17.9 Å². The summed E-state index contributed by atoms with van der Waals surface area (Å²) in [7, 11) is 0. The highest BCUT2D eigenvalue weighted by Crippen LogP contribution is 2.32. The van der Waals surface area contributed by atoms with Gasteiger partial charge in [-0.1, -0.05) is 25.1 Å². The van der Waals surface area contributed by atoms with Crippen molar-refractivity contribution in [1.29, 1.82) is 0 Å². The third kappa shape index (κ3) is 2.28. The summed E-state index contributed by atoms with van der Waals surface area (Å²) < 4.78 is 2.28. The number of fused-ring (bicyclic) bond motifs is 2. The van der Waals surface area contributed by atoms with Crippen LogP contribution in [0.1, 0.15) is 25.4 Å². The van der Waals surface area contributed by atoms with Crippen LogP contribution in [0.4, 0.5) is 0 Å². The van der Waals surface area contributed by atoms with Gasteiger partial charge in [-0.15, -0.1) is 0 Å². The molecule has 1 amide bonds. The topological polar surface area (TPSA) is 51.0 Å². The number of hydrogen-bond donors (Lipinski definition) is 0. The molecule has 1 aromatic carbocycles. The fraction of sp³-hybridized carbons (Fsp3) is 0.316. The third-order valence-corrected chi connectivity index (χ3v) is 4.79. The lowest BCUT2D eigenvalue weighted by Crippen LogP contribution is -2.37. The maximum atomic E-state index is 11.8. The molecule has 0 radical (unpaired) electrons. The maximum absolute atomic E-state index is 11.8. The zero-order valence-electron chi connectivity index (χ0n) is 14.0. The molecule has 0 saturated carbocycles. The molecule has 5 nitrogen and oxygen atoms in total. The Labute approximate surface area is 140 Å². The summed E-state index contributed by atoms with van der Waals surface area (Å²) in [4.78, 5) is 22.9. The largest absolute Gasteiger partial charge is 0.335 e. The minimum absolute atomic E-state index is 0.117. The molecule has 0 fully saturated rings. The van der Waals surface area contributed by atoms with Crippen LogP contribution in [-0.4, -0.2) is 31.9 Å². The Hall–Kier alpha value is -2.69. The standard InChI is InChI=1S/C19H20N4O/c1-3-18-21-19(17-12-22(13(2)24)9-10-23(17)18)15-6-4-5-14-7-8-20-11-16(14)15/h4-8,11H,3,9-10,12H2,1-2H3. The molecule has 0 N–H and O–H groups in total. The molecule has 0 aliphatic carbocycles. The van der Waals surface area contributed by atoms with E-state index >= 15 is 0 Å². The van der Waals surface area contributed by atoms with Gasteiger partial charge in [-0.05, 0) is 11.5 Å². The van der Waals surface area contributed by atoms with Gasteiger partial charge < -0.3 is 9.47 Å². The fourth-order valence-corrected chi connectivity index (χ4v) is 3.52. The molecule has 4 rings (SSSR count). The summed E-state index contributed by atoms with van der Waals surface area (Å²) in [5, 5.41) is 2.25. The Bertz CT molecular complexity index is 923. The number of aryl methyl sites for hydroxylation is 1. The van der Waals surface area contributed by atoms with E-state index in [1.807, 2.05) is 23.4 Å². The molecule has 0 spiro atoms. The Kier molecular flexibility index (Phi) is 3.56. The van der Waals surface area contributed by atoms with Crippen molar-refractivity contribution in [2.45, 2.75) is 33.4 Å². The van der Waals surface area contributed by atoms with Gasteiger partial charge in [-0.3, -0.25) is 9.78 Å². The van der Waals surface area contributed by atoms with Gasteiger partial charge in [-0.2, -0.15) is 0 Å². The van der Waals surface area contributed by atoms with Crippen molar-refractivity contribution in [1.82, 2.24) is 19.4 Å². The summed E-state index contributed by atoms with van der Waals surface area (Å²) in [6.07, 6.45) is 4.59. The Balaban J connectivity index is 1.92. The fourth-order valence-electron chi connectivity index (χ4n) is 3.52. The first kappa shape index (κ1) is 14.9. The second-order valence-electron chi connectivity index (χ2n) is 6.17. The summed E-state index contributed by atoms with van der Waals surface area (Å²) >= 11 is 0. The van der Waals surface area contributed by atoms with Crippen LogP contribution < -0.4 is 0 Å². The molecule has 3 heterocycles. The van der Waals surface area contributed by atoms with E-state index in [-0.39, 0.29) is 5.91 Å². The van der Waals surface area contributed by atoms with Crippen LogP contribution in [0.15, 0.2) is 36.7 Å². The lowest BCUT2D eigenvalue weighted by Gasteiger charge is -2.28. The van der Waals surface area contributed by atoms with Crippen LogP contribution in [-0.2, 0) is 24.3 Å². The van der Waals surface area contributed by atoms with Gasteiger partial charge in [0, 0.05) is 49.8 Å². The van der Waals surface area contributed by atoms with Crippen LogP contribution >= 0.6 is 0 Å². The molecule has 0 bridgehead atoms. The van der Waals surface area contributed by atoms with Crippen LogP contribution in [0.5, 0.6) is 0 Å². The summed E-state index contributed by atoms with van der Waals surface area (Å²) in [6, 6.07) is 8.26. The monoisotopic (exact) mass is 320 g/mol. The number of carbonyl (C=O) groups is 1. The molecular formula is C19H20N4O. The Morgan fingerprint density at radius 3 is 2.92 bits per heavy atom. The van der Waals surface area contributed by atoms with Gasteiger partial charge >= 0.3 is 0 Å². The highest BCUT2D eigenvalue weighted by atomic mass is 16.2. The van der Waals surface area contributed by atoms with Crippen molar-refractivity contribution in [2.75, 3.05) is 6.54 Å². The SMILES string of the molecule is CCc1nc(-c2cccc3ccncc23)c2n1CCN(C(C)=O)C2. The van der Waals surface area contributed by atoms with E-state index in [1.54, 1.807) is 6.92 Å². The maximum Gasteiger partial charge on any atom is 0.219 e. The molecule has 24 heavy (non-hydrogen) atoms. The van der Waals surface area contributed by atoms with E-state index in [2.05, 4.69) is 34.7 Å². The first-order chi connectivity index (χ1) is 11.7. The Morgan fingerprint density at radius 1 is 1.25 bits per heavy atom. The van der Waals surface area contributed by atoms with Crippen LogP contribution in [0, 0.1) is 0 Å². The number of pyridine rings is 1. The van der Waals surface area contributed by atoms with Crippen LogP contribution in [0.25, 0.3) is 22.0 Å².